The van der Waals surface area contributed by atoms with Crippen molar-refractivity contribution in [1.29, 1.82) is 0 Å². The van der Waals surface area contributed by atoms with Crippen molar-refractivity contribution in [3.8, 4) is 0 Å². The summed E-state index contributed by atoms with van der Waals surface area (Å²) in [5, 5.41) is 20.8. The average Bonchev–Trinajstić information content (AvgIpc) is 2.72. The first kappa shape index (κ1) is 7.98. The third-order valence-corrected chi connectivity index (χ3v) is 1.83. The van der Waals surface area contributed by atoms with Gasteiger partial charge in [-0.05, 0) is 19.8 Å². The van der Waals surface area contributed by atoms with Gasteiger partial charge in [0.05, 0.1) is 18.8 Å². The van der Waals surface area contributed by atoms with Crippen LogP contribution in [-0.2, 0) is 0 Å². The lowest BCUT2D eigenvalue weighted by atomic mass is 10.1. The van der Waals surface area contributed by atoms with Crippen LogP contribution in [0.3, 0.4) is 0 Å². The number of hydrogen-bond donors (Lipinski definition) is 3. The van der Waals surface area contributed by atoms with Crippen molar-refractivity contribution in [2.45, 2.75) is 31.3 Å². The number of aliphatic hydroxyl groups excluding tert-OH is 2. The Bertz CT molecular complexity index is 108. The minimum Gasteiger partial charge on any atom is -0.394 e. The summed E-state index contributed by atoms with van der Waals surface area (Å²) < 4.78 is 0. The monoisotopic (exact) mass is 145 g/mol. The lowest BCUT2D eigenvalue weighted by Crippen LogP contribution is -2.49. The molecule has 0 saturated heterocycles. The molecule has 3 N–H and O–H groups in total. The summed E-state index contributed by atoms with van der Waals surface area (Å²) in [6.45, 7) is 1.82. The Hall–Kier alpha value is -0.120. The van der Waals surface area contributed by atoms with Crippen molar-refractivity contribution in [3.05, 3.63) is 0 Å². The Morgan fingerprint density at radius 2 is 1.90 bits per heavy atom. The van der Waals surface area contributed by atoms with Gasteiger partial charge in [0.15, 0.2) is 0 Å². The fraction of sp³-hybridized carbons (Fsp3) is 1.00. The van der Waals surface area contributed by atoms with E-state index >= 15 is 0 Å². The Morgan fingerprint density at radius 1 is 1.40 bits per heavy atom. The van der Waals surface area contributed by atoms with E-state index < -0.39 is 5.54 Å². The summed E-state index contributed by atoms with van der Waals surface area (Å²) >= 11 is 0. The minimum absolute atomic E-state index is 0. The van der Waals surface area contributed by atoms with Gasteiger partial charge in [0.25, 0.3) is 0 Å². The molecule has 0 aromatic heterocycles. The van der Waals surface area contributed by atoms with Gasteiger partial charge in [0.1, 0.15) is 0 Å². The third-order valence-electron chi connectivity index (χ3n) is 1.83. The van der Waals surface area contributed by atoms with E-state index in [1.807, 2.05) is 6.92 Å². The lowest BCUT2D eigenvalue weighted by molar-refractivity contribution is 0.103. The minimum atomic E-state index is -0.471. The predicted octanol–water partition coefficient (Wildman–Crippen LogP) is -0.518. The Balaban J connectivity index is 2.29. The van der Waals surface area contributed by atoms with Crippen LogP contribution in [0, 0.1) is 0 Å². The highest BCUT2D eigenvalue weighted by Gasteiger charge is 2.31. The van der Waals surface area contributed by atoms with E-state index in [1.54, 1.807) is 0 Å². The van der Waals surface area contributed by atoms with E-state index in [4.69, 9.17) is 10.2 Å². The topological polar surface area (TPSA) is 52.5 Å². The largest absolute Gasteiger partial charge is 0.394 e. The molecule has 1 rings (SSSR count). The first-order chi connectivity index (χ1) is 4.70. The van der Waals surface area contributed by atoms with Gasteiger partial charge in [0.2, 0.25) is 0 Å². The van der Waals surface area contributed by atoms with Gasteiger partial charge in [-0.1, -0.05) is 0 Å². The summed E-state index contributed by atoms with van der Waals surface area (Å²) in [5.41, 5.74) is -0.471. The van der Waals surface area contributed by atoms with Crippen LogP contribution in [0.15, 0.2) is 0 Å². The van der Waals surface area contributed by atoms with Gasteiger partial charge >= 0.3 is 0 Å². The highest BCUT2D eigenvalue weighted by molar-refractivity contribution is 4.91. The van der Waals surface area contributed by atoms with Crippen molar-refractivity contribution < 1.29 is 10.2 Å². The average molecular weight is 145 g/mol. The van der Waals surface area contributed by atoms with Crippen molar-refractivity contribution in [3.63, 3.8) is 0 Å². The Kier molecular flexibility index (Phi) is 2.28. The fourth-order valence-electron chi connectivity index (χ4n) is 0.862. The molecule has 0 atom stereocenters. The van der Waals surface area contributed by atoms with Crippen LogP contribution in [0.4, 0.5) is 0 Å². The second-order valence-electron chi connectivity index (χ2n) is 3.30. The zero-order valence-electron chi connectivity index (χ0n) is 6.30. The molecular weight excluding hydrogens is 130 g/mol. The summed E-state index contributed by atoms with van der Waals surface area (Å²) in [4.78, 5) is 0. The fourth-order valence-corrected chi connectivity index (χ4v) is 0.862. The first-order valence-electron chi connectivity index (χ1n) is 3.69. The molecule has 1 aliphatic carbocycles. The SMILES string of the molecule is CC(CO)(CO)NC1CC1. The van der Waals surface area contributed by atoms with Crippen LogP contribution in [-0.4, -0.2) is 35.0 Å². The quantitative estimate of drug-likeness (QED) is 0.499. The molecule has 0 spiro atoms. The van der Waals surface area contributed by atoms with E-state index in [9.17, 15) is 0 Å². The maximum absolute atomic E-state index is 8.84. The summed E-state index contributed by atoms with van der Waals surface area (Å²) in [6, 6.07) is 0.532. The summed E-state index contributed by atoms with van der Waals surface area (Å²) in [6.07, 6.45) is 2.35. The molecule has 10 heavy (non-hydrogen) atoms. The maximum atomic E-state index is 8.84. The Labute approximate surface area is 61.1 Å². The second kappa shape index (κ2) is 2.86. The number of aliphatic hydroxyl groups is 2. The van der Waals surface area contributed by atoms with Crippen LogP contribution < -0.4 is 5.32 Å². The molecule has 0 unspecified atom stereocenters. The number of hydrogen-bond acceptors (Lipinski definition) is 3. The zero-order chi connectivity index (χ0) is 7.61. The van der Waals surface area contributed by atoms with Crippen molar-refractivity contribution in [2.24, 2.45) is 0 Å². The third kappa shape index (κ3) is 1.94. The molecule has 3 heteroatoms. The van der Waals surface area contributed by atoms with Crippen LogP contribution in [0.2, 0.25) is 0 Å². The standard InChI is InChI=1S/C7H15NO2/c1-7(4-9,5-10)8-6-2-3-6/h6,8-10H,2-5H2,1H3. The molecule has 1 aliphatic rings. The predicted molar refractivity (Wildman–Crippen MR) is 38.7 cm³/mol. The van der Waals surface area contributed by atoms with E-state index in [0.717, 1.165) is 0 Å². The molecule has 1 saturated carbocycles. The molecule has 0 radical (unpaired) electrons. The lowest BCUT2D eigenvalue weighted by Gasteiger charge is -2.25. The summed E-state index contributed by atoms with van der Waals surface area (Å²) in [5.74, 6) is 0. The van der Waals surface area contributed by atoms with Crippen molar-refractivity contribution in [1.82, 2.24) is 5.32 Å². The molecular formula is C7H15NO2. The maximum Gasteiger partial charge on any atom is 0.0633 e. The summed E-state index contributed by atoms with van der Waals surface area (Å²) in [7, 11) is 0. The highest BCUT2D eigenvalue weighted by Crippen LogP contribution is 2.21. The van der Waals surface area contributed by atoms with Crippen molar-refractivity contribution in [2.75, 3.05) is 13.2 Å². The van der Waals surface area contributed by atoms with E-state index in [-0.39, 0.29) is 13.2 Å². The smallest absolute Gasteiger partial charge is 0.0633 e. The van der Waals surface area contributed by atoms with Gasteiger partial charge in [-0.15, -0.1) is 0 Å². The molecule has 1 fully saturated rings. The van der Waals surface area contributed by atoms with Gasteiger partial charge < -0.3 is 15.5 Å². The first-order valence-corrected chi connectivity index (χ1v) is 3.69. The van der Waals surface area contributed by atoms with E-state index in [0.29, 0.717) is 6.04 Å². The number of nitrogens with one attached hydrogen (secondary N) is 1. The molecule has 0 bridgehead atoms. The van der Waals surface area contributed by atoms with E-state index in [2.05, 4.69) is 5.32 Å². The molecule has 0 amide bonds. The van der Waals surface area contributed by atoms with Crippen LogP contribution in [0.1, 0.15) is 19.8 Å². The molecule has 60 valence electrons. The molecule has 0 aromatic rings. The van der Waals surface area contributed by atoms with Crippen LogP contribution >= 0.6 is 0 Å². The molecule has 3 nitrogen and oxygen atoms in total. The van der Waals surface area contributed by atoms with Crippen LogP contribution in [0.25, 0.3) is 0 Å². The Morgan fingerprint density at radius 3 is 2.20 bits per heavy atom. The normalized spacial score (nSPS) is 19.5. The van der Waals surface area contributed by atoms with Gasteiger partial charge in [-0.25, -0.2) is 0 Å². The second-order valence-corrected chi connectivity index (χ2v) is 3.30. The van der Waals surface area contributed by atoms with Gasteiger partial charge in [-0.2, -0.15) is 0 Å². The van der Waals surface area contributed by atoms with E-state index in [1.165, 1.54) is 12.8 Å². The number of rotatable bonds is 4. The highest BCUT2D eigenvalue weighted by atomic mass is 16.3. The van der Waals surface area contributed by atoms with Gasteiger partial charge in [-0.3, -0.25) is 0 Å². The van der Waals surface area contributed by atoms with Gasteiger partial charge in [0, 0.05) is 6.04 Å². The molecule has 0 aromatic carbocycles. The van der Waals surface area contributed by atoms with Crippen molar-refractivity contribution >= 4 is 0 Å². The zero-order valence-corrected chi connectivity index (χ0v) is 6.30. The van der Waals surface area contributed by atoms with Crippen LogP contribution in [0.5, 0.6) is 0 Å². The molecule has 0 aliphatic heterocycles. The molecule has 0 heterocycles.